The Labute approximate surface area is 146 Å². The molecule has 2 aromatic heterocycles. The molecule has 0 fully saturated rings. The Morgan fingerprint density at radius 1 is 1.25 bits per heavy atom. The number of hydrogen-bond acceptors (Lipinski definition) is 5. The van der Waals surface area contributed by atoms with E-state index >= 15 is 0 Å². The molecular weight excluding hydrogens is 318 g/mol. The lowest BCUT2D eigenvalue weighted by Crippen LogP contribution is -2.45. The summed E-state index contributed by atoms with van der Waals surface area (Å²) in [6.07, 6.45) is 5.51. The standard InChI is InChI=1S/C17H31N5OSi/c1-8-9-13(23-24(6,7)17(3,4)5)12(2)22-11-21-14-15(18)19-10-20-16(14)22/h10-13H,8-9H2,1-7H3,(H2,18,19,20)/t12-,13-/m1/s1. The highest BCUT2D eigenvalue weighted by Crippen LogP contribution is 2.39. The van der Waals surface area contributed by atoms with Crippen LogP contribution in [0.5, 0.6) is 0 Å². The molecule has 0 aliphatic carbocycles. The van der Waals surface area contributed by atoms with Gasteiger partial charge in [0.2, 0.25) is 0 Å². The van der Waals surface area contributed by atoms with Gasteiger partial charge in [-0.2, -0.15) is 0 Å². The van der Waals surface area contributed by atoms with E-state index in [9.17, 15) is 0 Å². The lowest BCUT2D eigenvalue weighted by molar-refractivity contribution is 0.121. The van der Waals surface area contributed by atoms with Crippen molar-refractivity contribution in [2.75, 3.05) is 5.73 Å². The first-order valence-corrected chi connectivity index (χ1v) is 11.6. The van der Waals surface area contributed by atoms with Crippen molar-refractivity contribution in [2.24, 2.45) is 0 Å². The van der Waals surface area contributed by atoms with E-state index < -0.39 is 8.32 Å². The molecule has 7 heteroatoms. The zero-order valence-electron chi connectivity index (χ0n) is 16.0. The van der Waals surface area contributed by atoms with Crippen LogP contribution < -0.4 is 5.73 Å². The predicted molar refractivity (Wildman–Crippen MR) is 101 cm³/mol. The molecule has 0 aromatic carbocycles. The van der Waals surface area contributed by atoms with Crippen molar-refractivity contribution < 1.29 is 4.43 Å². The van der Waals surface area contributed by atoms with E-state index in [1.165, 1.54) is 6.33 Å². The maximum Gasteiger partial charge on any atom is 0.192 e. The molecule has 2 atom stereocenters. The van der Waals surface area contributed by atoms with Gasteiger partial charge in [0.15, 0.2) is 19.8 Å². The maximum atomic E-state index is 6.72. The predicted octanol–water partition coefficient (Wildman–Crippen LogP) is 4.16. The average Bonchev–Trinajstić information content (AvgIpc) is 2.90. The molecule has 0 bridgehead atoms. The van der Waals surface area contributed by atoms with E-state index in [4.69, 9.17) is 10.2 Å². The molecule has 0 saturated heterocycles. The Hall–Kier alpha value is -1.47. The van der Waals surface area contributed by atoms with Crippen LogP contribution in [0.25, 0.3) is 11.2 Å². The Morgan fingerprint density at radius 3 is 2.50 bits per heavy atom. The molecule has 134 valence electrons. The SMILES string of the molecule is CCC[C@@H](O[Si](C)(C)C(C)(C)C)[C@@H](C)n1cnc2c(N)ncnc21. The summed E-state index contributed by atoms with van der Waals surface area (Å²) in [7, 11) is -1.85. The zero-order valence-corrected chi connectivity index (χ0v) is 17.0. The van der Waals surface area contributed by atoms with Gasteiger partial charge in [0, 0.05) is 0 Å². The largest absolute Gasteiger partial charge is 0.412 e. The molecule has 0 radical (unpaired) electrons. The minimum absolute atomic E-state index is 0.129. The van der Waals surface area contributed by atoms with Crippen molar-refractivity contribution in [3.8, 4) is 0 Å². The molecule has 24 heavy (non-hydrogen) atoms. The molecule has 2 heterocycles. The summed E-state index contributed by atoms with van der Waals surface area (Å²) in [4.78, 5) is 12.8. The van der Waals surface area contributed by atoms with Crippen LogP contribution in [0.1, 0.15) is 53.5 Å². The number of rotatable bonds is 6. The summed E-state index contributed by atoms with van der Waals surface area (Å²) >= 11 is 0. The van der Waals surface area contributed by atoms with Gasteiger partial charge in [0.25, 0.3) is 0 Å². The minimum atomic E-state index is -1.85. The van der Waals surface area contributed by atoms with Gasteiger partial charge < -0.3 is 14.7 Å². The van der Waals surface area contributed by atoms with Crippen LogP contribution in [0.15, 0.2) is 12.7 Å². The van der Waals surface area contributed by atoms with Crippen LogP contribution in [-0.2, 0) is 4.43 Å². The highest BCUT2D eigenvalue weighted by Gasteiger charge is 2.40. The molecule has 2 N–H and O–H groups in total. The molecule has 0 aliphatic rings. The number of fused-ring (bicyclic) bond motifs is 1. The normalized spacial score (nSPS) is 15.6. The number of hydrogen-bond donors (Lipinski definition) is 1. The fraction of sp³-hybridized carbons (Fsp3) is 0.706. The quantitative estimate of drug-likeness (QED) is 0.792. The number of anilines is 1. The second-order valence-corrected chi connectivity index (χ2v) is 12.8. The topological polar surface area (TPSA) is 78.9 Å². The lowest BCUT2D eigenvalue weighted by atomic mass is 10.1. The van der Waals surface area contributed by atoms with Crippen LogP contribution in [-0.4, -0.2) is 33.9 Å². The highest BCUT2D eigenvalue weighted by molar-refractivity contribution is 6.74. The molecule has 0 spiro atoms. The van der Waals surface area contributed by atoms with E-state index in [1.54, 1.807) is 6.33 Å². The third-order valence-corrected chi connectivity index (χ3v) is 9.69. The molecular formula is C17H31N5OSi. The van der Waals surface area contributed by atoms with Gasteiger partial charge >= 0.3 is 0 Å². The number of aromatic nitrogens is 4. The second-order valence-electron chi connectivity index (χ2n) is 8.03. The lowest BCUT2D eigenvalue weighted by Gasteiger charge is -2.41. The first-order chi connectivity index (χ1) is 11.1. The molecule has 0 aliphatic heterocycles. The highest BCUT2D eigenvalue weighted by atomic mass is 28.4. The molecule has 2 rings (SSSR count). The Balaban J connectivity index is 2.35. The third-order valence-electron chi connectivity index (χ3n) is 5.19. The molecule has 0 saturated carbocycles. The van der Waals surface area contributed by atoms with Crippen LogP contribution in [0.4, 0.5) is 5.82 Å². The summed E-state index contributed by atoms with van der Waals surface area (Å²) in [6.45, 7) is 15.8. The Kier molecular flexibility index (Phi) is 5.34. The smallest absolute Gasteiger partial charge is 0.192 e. The van der Waals surface area contributed by atoms with E-state index in [-0.39, 0.29) is 17.2 Å². The second kappa shape index (κ2) is 6.80. The van der Waals surface area contributed by atoms with Crippen molar-refractivity contribution in [2.45, 2.75) is 77.7 Å². The Bertz CT molecular complexity index is 692. The van der Waals surface area contributed by atoms with E-state index in [1.807, 2.05) is 0 Å². The fourth-order valence-electron chi connectivity index (χ4n) is 2.59. The van der Waals surface area contributed by atoms with Crippen molar-refractivity contribution in [3.05, 3.63) is 12.7 Å². The van der Waals surface area contributed by atoms with E-state index in [0.29, 0.717) is 11.3 Å². The first-order valence-electron chi connectivity index (χ1n) is 8.69. The molecule has 2 aromatic rings. The fourth-order valence-corrected chi connectivity index (χ4v) is 4.01. The average molecular weight is 350 g/mol. The minimum Gasteiger partial charge on any atom is -0.412 e. The first kappa shape index (κ1) is 18.9. The maximum absolute atomic E-state index is 6.72. The van der Waals surface area contributed by atoms with E-state index in [2.05, 4.69) is 67.2 Å². The van der Waals surface area contributed by atoms with Crippen LogP contribution >= 0.6 is 0 Å². The van der Waals surface area contributed by atoms with E-state index in [0.717, 1.165) is 18.5 Å². The summed E-state index contributed by atoms with van der Waals surface area (Å²) in [5.74, 6) is 0.420. The summed E-state index contributed by atoms with van der Waals surface area (Å²) in [6, 6.07) is 0.137. The van der Waals surface area contributed by atoms with Gasteiger partial charge in [-0.3, -0.25) is 0 Å². The summed E-state index contributed by atoms with van der Waals surface area (Å²) < 4.78 is 8.79. The number of nitrogens with zero attached hydrogens (tertiary/aromatic N) is 4. The third kappa shape index (κ3) is 3.62. The monoisotopic (exact) mass is 349 g/mol. The van der Waals surface area contributed by atoms with Crippen LogP contribution in [0.2, 0.25) is 18.1 Å². The van der Waals surface area contributed by atoms with Gasteiger partial charge in [-0.1, -0.05) is 34.1 Å². The van der Waals surface area contributed by atoms with Crippen molar-refractivity contribution in [1.29, 1.82) is 0 Å². The Morgan fingerprint density at radius 2 is 1.92 bits per heavy atom. The van der Waals surface area contributed by atoms with Gasteiger partial charge in [-0.05, 0) is 31.5 Å². The zero-order chi connectivity index (χ0) is 18.1. The van der Waals surface area contributed by atoms with Gasteiger partial charge in [-0.25, -0.2) is 15.0 Å². The number of imidazole rings is 1. The summed E-state index contributed by atoms with van der Waals surface area (Å²) in [5.41, 5.74) is 7.34. The van der Waals surface area contributed by atoms with Crippen LogP contribution in [0, 0.1) is 0 Å². The van der Waals surface area contributed by atoms with Crippen molar-refractivity contribution >= 4 is 25.3 Å². The molecule has 0 unspecified atom stereocenters. The van der Waals surface area contributed by atoms with Crippen molar-refractivity contribution in [3.63, 3.8) is 0 Å². The van der Waals surface area contributed by atoms with Crippen LogP contribution in [0.3, 0.4) is 0 Å². The van der Waals surface area contributed by atoms with Gasteiger partial charge in [-0.15, -0.1) is 0 Å². The van der Waals surface area contributed by atoms with Crippen molar-refractivity contribution in [1.82, 2.24) is 19.5 Å². The molecule has 0 amide bonds. The number of nitrogen functional groups attached to an aromatic ring is 1. The molecule has 6 nitrogen and oxygen atoms in total. The summed E-state index contributed by atoms with van der Waals surface area (Å²) in [5, 5.41) is 0.183. The number of nitrogens with two attached hydrogens (primary N) is 1. The van der Waals surface area contributed by atoms with Gasteiger partial charge in [0.05, 0.1) is 18.5 Å². The van der Waals surface area contributed by atoms with Gasteiger partial charge in [0.1, 0.15) is 11.8 Å².